The van der Waals surface area contributed by atoms with Crippen LogP contribution in [0.2, 0.25) is 0 Å². The Morgan fingerprint density at radius 2 is 1.96 bits per heavy atom. The van der Waals surface area contributed by atoms with Gasteiger partial charge in [0.05, 0.1) is 13.2 Å². The van der Waals surface area contributed by atoms with Crippen molar-refractivity contribution in [2.45, 2.75) is 20.3 Å². The second-order valence-corrected chi connectivity index (χ2v) is 5.50. The third-order valence-corrected chi connectivity index (χ3v) is 3.41. The number of carbonyl (C=O) groups is 2. The molecule has 0 saturated heterocycles. The molecule has 0 aliphatic heterocycles. The lowest BCUT2D eigenvalue weighted by atomic mass is 10.1. The summed E-state index contributed by atoms with van der Waals surface area (Å²) in [4.78, 5) is 23.6. The van der Waals surface area contributed by atoms with Gasteiger partial charge in [0.1, 0.15) is 11.6 Å². The highest BCUT2D eigenvalue weighted by molar-refractivity contribution is 6.01. The fourth-order valence-corrected chi connectivity index (χ4v) is 2.17. The van der Waals surface area contributed by atoms with Gasteiger partial charge in [0.2, 0.25) is 0 Å². The summed E-state index contributed by atoms with van der Waals surface area (Å²) in [6, 6.07) is 6.81. The van der Waals surface area contributed by atoms with E-state index in [-0.39, 0.29) is 18.8 Å². The van der Waals surface area contributed by atoms with Gasteiger partial charge in [-0.1, -0.05) is 6.07 Å². The van der Waals surface area contributed by atoms with Crippen LogP contribution in [0.4, 0.5) is 0 Å². The molecule has 1 N–H and O–H groups in total. The predicted octanol–water partition coefficient (Wildman–Crippen LogP) is 2.09. The molecule has 0 spiro atoms. The van der Waals surface area contributed by atoms with Crippen molar-refractivity contribution in [1.29, 1.82) is 5.26 Å². The van der Waals surface area contributed by atoms with E-state index < -0.39 is 11.9 Å². The lowest BCUT2D eigenvalue weighted by Crippen LogP contribution is -2.26. The number of nitriles is 1. The van der Waals surface area contributed by atoms with E-state index in [2.05, 4.69) is 5.32 Å². The third-order valence-electron chi connectivity index (χ3n) is 3.41. The molecule has 0 heterocycles. The van der Waals surface area contributed by atoms with Crippen molar-refractivity contribution in [3.63, 3.8) is 0 Å². The number of nitrogens with one attached hydrogen (secondary N) is 1. The summed E-state index contributed by atoms with van der Waals surface area (Å²) in [5.41, 5.74) is 0.565. The molecule has 0 atom stereocenters. The third kappa shape index (κ3) is 8.10. The van der Waals surface area contributed by atoms with Crippen molar-refractivity contribution >= 4 is 18.0 Å². The van der Waals surface area contributed by atoms with Gasteiger partial charge in [0.25, 0.3) is 5.91 Å². The maximum Gasteiger partial charge on any atom is 0.344 e. The Kier molecular flexibility index (Phi) is 10.8. The molecule has 1 amide bonds. The Balaban J connectivity index is 2.89. The van der Waals surface area contributed by atoms with E-state index in [0.29, 0.717) is 43.2 Å². The van der Waals surface area contributed by atoms with Crippen LogP contribution in [0.15, 0.2) is 23.8 Å². The highest BCUT2D eigenvalue weighted by Gasteiger charge is 2.12. The maximum absolute atomic E-state index is 12.1. The Labute approximate surface area is 165 Å². The Hall–Kier alpha value is -3.05. The smallest absolute Gasteiger partial charge is 0.344 e. The minimum absolute atomic E-state index is 0.0277. The average molecular weight is 390 g/mol. The van der Waals surface area contributed by atoms with Crippen molar-refractivity contribution in [2.24, 2.45) is 0 Å². The number of rotatable bonds is 12. The van der Waals surface area contributed by atoms with Crippen LogP contribution in [0.25, 0.3) is 6.08 Å². The number of amides is 1. The highest BCUT2D eigenvalue weighted by atomic mass is 16.6. The van der Waals surface area contributed by atoms with E-state index in [1.165, 1.54) is 6.08 Å². The lowest BCUT2D eigenvalue weighted by Gasteiger charge is -2.12. The number of methoxy groups -OCH3 is 1. The highest BCUT2D eigenvalue weighted by Crippen LogP contribution is 2.29. The summed E-state index contributed by atoms with van der Waals surface area (Å²) in [5, 5.41) is 11.9. The normalized spacial score (nSPS) is 10.7. The SMILES string of the molecule is CCOC(=O)COc1ccc(/C=C(/C#N)C(=O)NCCCOC)cc1OCC. The Bertz CT molecular complexity index is 724. The van der Waals surface area contributed by atoms with Gasteiger partial charge < -0.3 is 24.3 Å². The number of ether oxygens (including phenoxy) is 4. The van der Waals surface area contributed by atoms with E-state index in [0.717, 1.165) is 0 Å². The molecule has 8 heteroatoms. The molecule has 0 radical (unpaired) electrons. The van der Waals surface area contributed by atoms with Crippen molar-refractivity contribution < 1.29 is 28.5 Å². The second kappa shape index (κ2) is 13.2. The van der Waals surface area contributed by atoms with Crippen LogP contribution < -0.4 is 14.8 Å². The zero-order valence-corrected chi connectivity index (χ0v) is 16.4. The summed E-state index contributed by atoms with van der Waals surface area (Å²) in [6.45, 7) is 4.88. The monoisotopic (exact) mass is 390 g/mol. The fraction of sp³-hybridized carbons (Fsp3) is 0.450. The van der Waals surface area contributed by atoms with E-state index >= 15 is 0 Å². The average Bonchev–Trinajstić information content (AvgIpc) is 2.69. The van der Waals surface area contributed by atoms with Crippen LogP contribution >= 0.6 is 0 Å². The zero-order chi connectivity index (χ0) is 20.8. The van der Waals surface area contributed by atoms with Crippen LogP contribution in [0.5, 0.6) is 11.5 Å². The summed E-state index contributed by atoms with van der Waals surface area (Å²) in [7, 11) is 1.58. The minimum Gasteiger partial charge on any atom is -0.490 e. The molecule has 1 rings (SSSR count). The number of hydrogen-bond donors (Lipinski definition) is 1. The number of hydrogen-bond acceptors (Lipinski definition) is 7. The molecule has 0 unspecified atom stereocenters. The van der Waals surface area contributed by atoms with Gasteiger partial charge in [-0.3, -0.25) is 4.79 Å². The zero-order valence-electron chi connectivity index (χ0n) is 16.4. The Morgan fingerprint density at radius 3 is 2.61 bits per heavy atom. The standard InChI is InChI=1S/C20H26N2O6/c1-4-26-18-12-15(7-8-17(18)28-14-19(23)27-5-2)11-16(13-21)20(24)22-9-6-10-25-3/h7-8,11-12H,4-6,9-10,14H2,1-3H3,(H,22,24)/b16-11-. The number of esters is 1. The van der Waals surface area contributed by atoms with E-state index in [4.69, 9.17) is 18.9 Å². The first-order valence-corrected chi connectivity index (χ1v) is 8.99. The lowest BCUT2D eigenvalue weighted by molar-refractivity contribution is -0.145. The summed E-state index contributed by atoms with van der Waals surface area (Å²) < 4.78 is 20.7. The summed E-state index contributed by atoms with van der Waals surface area (Å²) >= 11 is 0. The molecule has 0 fully saturated rings. The fourth-order valence-electron chi connectivity index (χ4n) is 2.17. The quantitative estimate of drug-likeness (QED) is 0.252. The van der Waals surface area contributed by atoms with Gasteiger partial charge in [-0.2, -0.15) is 5.26 Å². The maximum atomic E-state index is 12.1. The van der Waals surface area contributed by atoms with E-state index in [1.54, 1.807) is 32.2 Å². The van der Waals surface area contributed by atoms with E-state index in [1.807, 2.05) is 13.0 Å². The van der Waals surface area contributed by atoms with Crippen LogP contribution in [-0.4, -0.2) is 52.0 Å². The number of carbonyl (C=O) groups excluding carboxylic acids is 2. The van der Waals surface area contributed by atoms with Crippen LogP contribution in [-0.2, 0) is 19.1 Å². The molecule has 0 aromatic heterocycles. The van der Waals surface area contributed by atoms with Gasteiger partial charge in [0.15, 0.2) is 18.1 Å². The van der Waals surface area contributed by atoms with Crippen molar-refractivity contribution in [2.75, 3.05) is 40.1 Å². The molecule has 0 bridgehead atoms. The van der Waals surface area contributed by atoms with Gasteiger partial charge in [0, 0.05) is 20.3 Å². The molecule has 0 saturated carbocycles. The molecular weight excluding hydrogens is 364 g/mol. The van der Waals surface area contributed by atoms with Crippen LogP contribution in [0, 0.1) is 11.3 Å². The van der Waals surface area contributed by atoms with Gasteiger partial charge in [-0.25, -0.2) is 4.79 Å². The van der Waals surface area contributed by atoms with Gasteiger partial charge in [-0.15, -0.1) is 0 Å². The van der Waals surface area contributed by atoms with Crippen LogP contribution in [0.1, 0.15) is 25.8 Å². The first-order valence-electron chi connectivity index (χ1n) is 8.99. The predicted molar refractivity (Wildman–Crippen MR) is 103 cm³/mol. The molecule has 1 aromatic carbocycles. The molecule has 1 aromatic rings. The van der Waals surface area contributed by atoms with E-state index in [9.17, 15) is 14.9 Å². The minimum atomic E-state index is -0.481. The molecule has 0 aliphatic rings. The van der Waals surface area contributed by atoms with Crippen molar-refractivity contribution in [1.82, 2.24) is 5.32 Å². The largest absolute Gasteiger partial charge is 0.490 e. The molecule has 28 heavy (non-hydrogen) atoms. The van der Waals surface area contributed by atoms with Gasteiger partial charge in [-0.05, 0) is 44.0 Å². The molecular formula is C20H26N2O6. The first kappa shape index (κ1) is 23.0. The first-order chi connectivity index (χ1) is 13.5. The van der Waals surface area contributed by atoms with Crippen molar-refractivity contribution in [3.05, 3.63) is 29.3 Å². The molecule has 152 valence electrons. The number of nitrogens with zero attached hydrogens (tertiary/aromatic N) is 1. The Morgan fingerprint density at radius 1 is 1.18 bits per heavy atom. The summed E-state index contributed by atoms with van der Waals surface area (Å²) in [6.07, 6.45) is 2.12. The topological polar surface area (TPSA) is 107 Å². The molecule has 8 nitrogen and oxygen atoms in total. The second-order valence-electron chi connectivity index (χ2n) is 5.50. The summed E-state index contributed by atoms with van der Waals surface area (Å²) in [5.74, 6) is -0.169. The van der Waals surface area contributed by atoms with Crippen LogP contribution in [0.3, 0.4) is 0 Å². The molecule has 0 aliphatic carbocycles. The number of benzene rings is 1. The van der Waals surface area contributed by atoms with Crippen molar-refractivity contribution in [3.8, 4) is 17.6 Å². The van der Waals surface area contributed by atoms with Gasteiger partial charge >= 0.3 is 5.97 Å².